The van der Waals surface area contributed by atoms with Crippen LogP contribution in [0, 0.1) is 0 Å². The van der Waals surface area contributed by atoms with Gasteiger partial charge in [0.15, 0.2) is 0 Å². The van der Waals surface area contributed by atoms with E-state index >= 15 is 0 Å². The van der Waals surface area contributed by atoms with Crippen molar-refractivity contribution in [3.63, 3.8) is 0 Å². The SMILES string of the molecule is CC(=O)Nc1cccc(NC(=O)NC(C)c2ccccc2Br)c1. The minimum absolute atomic E-state index is 0.149. The van der Waals surface area contributed by atoms with Crippen molar-refractivity contribution in [3.05, 3.63) is 58.6 Å². The van der Waals surface area contributed by atoms with E-state index in [2.05, 4.69) is 31.9 Å². The number of halogens is 1. The Labute approximate surface area is 143 Å². The Kier molecular flexibility index (Phi) is 5.76. The van der Waals surface area contributed by atoms with Crippen LogP contribution >= 0.6 is 15.9 Å². The summed E-state index contributed by atoms with van der Waals surface area (Å²) < 4.78 is 0.945. The van der Waals surface area contributed by atoms with Crippen LogP contribution in [0.3, 0.4) is 0 Å². The smallest absolute Gasteiger partial charge is 0.319 e. The van der Waals surface area contributed by atoms with Crippen molar-refractivity contribution in [1.29, 1.82) is 0 Å². The molecule has 0 fully saturated rings. The largest absolute Gasteiger partial charge is 0.331 e. The average molecular weight is 376 g/mol. The van der Waals surface area contributed by atoms with Gasteiger partial charge in [0, 0.05) is 22.8 Å². The van der Waals surface area contributed by atoms with Gasteiger partial charge in [-0.3, -0.25) is 4.79 Å². The van der Waals surface area contributed by atoms with Gasteiger partial charge in [0.2, 0.25) is 5.91 Å². The average Bonchev–Trinajstić information content (AvgIpc) is 2.47. The molecule has 2 aromatic carbocycles. The van der Waals surface area contributed by atoms with E-state index in [-0.39, 0.29) is 18.0 Å². The van der Waals surface area contributed by atoms with Crippen molar-refractivity contribution in [2.75, 3.05) is 10.6 Å². The molecule has 0 aliphatic heterocycles. The molecule has 0 aromatic heterocycles. The normalized spacial score (nSPS) is 11.4. The van der Waals surface area contributed by atoms with Crippen LogP contribution in [0.25, 0.3) is 0 Å². The second kappa shape index (κ2) is 7.78. The van der Waals surface area contributed by atoms with E-state index in [1.807, 2.05) is 31.2 Å². The Balaban J connectivity index is 1.99. The van der Waals surface area contributed by atoms with Gasteiger partial charge in [-0.2, -0.15) is 0 Å². The number of hydrogen-bond donors (Lipinski definition) is 3. The number of anilines is 2. The van der Waals surface area contributed by atoms with Crippen LogP contribution in [0.1, 0.15) is 25.5 Å². The van der Waals surface area contributed by atoms with Crippen LogP contribution in [-0.4, -0.2) is 11.9 Å². The number of rotatable bonds is 4. The van der Waals surface area contributed by atoms with Crippen molar-refractivity contribution in [2.45, 2.75) is 19.9 Å². The lowest BCUT2D eigenvalue weighted by molar-refractivity contribution is -0.114. The minimum Gasteiger partial charge on any atom is -0.331 e. The van der Waals surface area contributed by atoms with Gasteiger partial charge in [-0.25, -0.2) is 4.79 Å². The molecule has 0 bridgehead atoms. The summed E-state index contributed by atoms with van der Waals surface area (Å²) in [4.78, 5) is 23.2. The van der Waals surface area contributed by atoms with Crippen LogP contribution in [0.2, 0.25) is 0 Å². The number of benzene rings is 2. The molecule has 2 rings (SSSR count). The molecule has 0 saturated heterocycles. The first-order chi connectivity index (χ1) is 11.0. The molecule has 0 spiro atoms. The molecule has 0 aliphatic rings. The van der Waals surface area contributed by atoms with Crippen LogP contribution in [0.4, 0.5) is 16.2 Å². The highest BCUT2D eigenvalue weighted by atomic mass is 79.9. The first-order valence-corrected chi connectivity index (χ1v) is 7.94. The lowest BCUT2D eigenvalue weighted by Gasteiger charge is -2.16. The number of amides is 3. The van der Waals surface area contributed by atoms with Crippen molar-refractivity contribution < 1.29 is 9.59 Å². The van der Waals surface area contributed by atoms with E-state index in [0.717, 1.165) is 10.0 Å². The third-order valence-electron chi connectivity index (χ3n) is 3.16. The van der Waals surface area contributed by atoms with Crippen LogP contribution in [0.15, 0.2) is 53.0 Å². The molecule has 1 atom stereocenters. The highest BCUT2D eigenvalue weighted by Crippen LogP contribution is 2.23. The molecule has 1 unspecified atom stereocenters. The molecule has 0 heterocycles. The van der Waals surface area contributed by atoms with Gasteiger partial charge < -0.3 is 16.0 Å². The molecular formula is C17H18BrN3O2. The summed E-state index contributed by atoms with van der Waals surface area (Å²) in [5.74, 6) is -0.158. The van der Waals surface area contributed by atoms with Gasteiger partial charge in [-0.1, -0.05) is 40.2 Å². The standard InChI is InChI=1S/C17H18BrN3O2/c1-11(15-8-3-4-9-16(15)18)19-17(23)21-14-7-5-6-13(10-14)20-12(2)22/h3-11H,1-2H3,(H,20,22)(H2,19,21,23). The number of carbonyl (C=O) groups excluding carboxylic acids is 2. The zero-order valence-electron chi connectivity index (χ0n) is 12.9. The van der Waals surface area contributed by atoms with Crippen molar-refractivity contribution >= 4 is 39.2 Å². The van der Waals surface area contributed by atoms with E-state index in [9.17, 15) is 9.59 Å². The van der Waals surface area contributed by atoms with Crippen molar-refractivity contribution in [1.82, 2.24) is 5.32 Å². The summed E-state index contributed by atoms with van der Waals surface area (Å²) in [6, 6.07) is 14.2. The van der Waals surface area contributed by atoms with Gasteiger partial charge in [-0.05, 0) is 36.8 Å². The van der Waals surface area contributed by atoms with Gasteiger partial charge in [0.1, 0.15) is 0 Å². The Hall–Kier alpha value is -2.34. The number of nitrogens with one attached hydrogen (secondary N) is 3. The van der Waals surface area contributed by atoms with Crippen molar-refractivity contribution in [3.8, 4) is 0 Å². The molecule has 5 nitrogen and oxygen atoms in total. The molecule has 3 N–H and O–H groups in total. The van der Waals surface area contributed by atoms with Gasteiger partial charge >= 0.3 is 6.03 Å². The second-order valence-electron chi connectivity index (χ2n) is 5.10. The lowest BCUT2D eigenvalue weighted by Crippen LogP contribution is -2.31. The van der Waals surface area contributed by atoms with E-state index < -0.39 is 0 Å². The fourth-order valence-corrected chi connectivity index (χ4v) is 2.77. The molecule has 0 aliphatic carbocycles. The Morgan fingerprint density at radius 2 is 1.65 bits per heavy atom. The first kappa shape index (κ1) is 17.0. The summed E-state index contributed by atoms with van der Waals surface area (Å²) in [5, 5.41) is 8.31. The van der Waals surface area contributed by atoms with E-state index in [4.69, 9.17) is 0 Å². The summed E-state index contributed by atoms with van der Waals surface area (Å²) in [6.45, 7) is 3.35. The maximum atomic E-state index is 12.1. The maximum absolute atomic E-state index is 12.1. The molecule has 6 heteroatoms. The van der Waals surface area contributed by atoms with Gasteiger partial charge in [0.25, 0.3) is 0 Å². The summed E-state index contributed by atoms with van der Waals surface area (Å²) in [6.07, 6.45) is 0. The number of hydrogen-bond acceptors (Lipinski definition) is 2. The first-order valence-electron chi connectivity index (χ1n) is 7.15. The van der Waals surface area contributed by atoms with E-state index in [0.29, 0.717) is 11.4 Å². The summed E-state index contributed by atoms with van der Waals surface area (Å²) in [5.41, 5.74) is 2.23. The number of urea groups is 1. The van der Waals surface area contributed by atoms with E-state index in [1.165, 1.54) is 6.92 Å². The summed E-state index contributed by atoms with van der Waals surface area (Å²) in [7, 11) is 0. The Morgan fingerprint density at radius 1 is 1.00 bits per heavy atom. The molecular weight excluding hydrogens is 358 g/mol. The summed E-state index contributed by atoms with van der Waals surface area (Å²) >= 11 is 3.47. The molecule has 23 heavy (non-hydrogen) atoms. The molecule has 2 aromatic rings. The Bertz CT molecular complexity index is 718. The monoisotopic (exact) mass is 375 g/mol. The fraction of sp³-hybridized carbons (Fsp3) is 0.176. The van der Waals surface area contributed by atoms with Crippen LogP contribution in [0.5, 0.6) is 0 Å². The zero-order valence-corrected chi connectivity index (χ0v) is 14.5. The topological polar surface area (TPSA) is 70.2 Å². The predicted octanol–water partition coefficient (Wildman–Crippen LogP) is 4.29. The Morgan fingerprint density at radius 3 is 2.30 bits per heavy atom. The third-order valence-corrected chi connectivity index (χ3v) is 3.88. The van der Waals surface area contributed by atoms with Crippen LogP contribution < -0.4 is 16.0 Å². The minimum atomic E-state index is -0.312. The third kappa shape index (κ3) is 5.10. The van der Waals surface area contributed by atoms with Gasteiger partial charge in [-0.15, -0.1) is 0 Å². The van der Waals surface area contributed by atoms with Gasteiger partial charge in [0.05, 0.1) is 6.04 Å². The maximum Gasteiger partial charge on any atom is 0.319 e. The highest BCUT2D eigenvalue weighted by Gasteiger charge is 2.12. The zero-order chi connectivity index (χ0) is 16.8. The quantitative estimate of drug-likeness (QED) is 0.745. The van der Waals surface area contributed by atoms with Crippen molar-refractivity contribution in [2.24, 2.45) is 0 Å². The molecule has 0 saturated carbocycles. The van der Waals surface area contributed by atoms with E-state index in [1.54, 1.807) is 24.3 Å². The van der Waals surface area contributed by atoms with Crippen LogP contribution in [-0.2, 0) is 4.79 Å². The molecule has 120 valence electrons. The predicted molar refractivity (Wildman–Crippen MR) is 95.5 cm³/mol. The second-order valence-corrected chi connectivity index (χ2v) is 5.96. The fourth-order valence-electron chi connectivity index (χ4n) is 2.15. The molecule has 3 amide bonds. The number of carbonyl (C=O) groups is 2. The lowest BCUT2D eigenvalue weighted by atomic mass is 10.1. The molecule has 0 radical (unpaired) electrons. The highest BCUT2D eigenvalue weighted by molar-refractivity contribution is 9.10.